The van der Waals surface area contributed by atoms with Gasteiger partial charge in [0.1, 0.15) is 0 Å². The Morgan fingerprint density at radius 2 is 0.692 bits per heavy atom. The van der Waals surface area contributed by atoms with Crippen LogP contribution in [0.5, 0.6) is 0 Å². The van der Waals surface area contributed by atoms with Crippen molar-refractivity contribution in [2.45, 2.75) is 93.9 Å². The van der Waals surface area contributed by atoms with Crippen LogP contribution in [-0.4, -0.2) is 0 Å². The molecule has 26 heavy (non-hydrogen) atoms. The molecule has 0 unspecified atom stereocenters. The molecular weight excluding hydrogens is 312 g/mol. The monoisotopic (exact) mass is 356 g/mol. The SMILES string of the molecule is C.C.CC(C)c1ccc(C(C)C)cc1.CC(C)c1cccc(C(C)C)c1. The van der Waals surface area contributed by atoms with Crippen molar-refractivity contribution in [2.24, 2.45) is 0 Å². The lowest BCUT2D eigenvalue weighted by Crippen LogP contribution is -1.91. The van der Waals surface area contributed by atoms with Gasteiger partial charge in [-0.1, -0.05) is 119 Å². The standard InChI is InChI=1S/2C12H18.2CH4/c1-9(2)11-5-7-12(8-6-11)10(3)4;1-9(2)11-6-5-7-12(8-11)10(3)4;;/h2*5-10H,1-4H3;2*1H4. The van der Waals surface area contributed by atoms with Crippen LogP contribution in [0.4, 0.5) is 0 Å². The number of benzene rings is 2. The lowest BCUT2D eigenvalue weighted by molar-refractivity contribution is 0.834. The molecule has 0 aliphatic heterocycles. The predicted octanol–water partition coefficient (Wildman–Crippen LogP) is 9.14. The molecule has 0 nitrogen and oxygen atoms in total. The van der Waals surface area contributed by atoms with Crippen molar-refractivity contribution in [3.8, 4) is 0 Å². The zero-order chi connectivity index (χ0) is 18.3. The fraction of sp³-hybridized carbons (Fsp3) is 0.538. The maximum atomic E-state index is 2.31. The Balaban J connectivity index is 0. The summed E-state index contributed by atoms with van der Waals surface area (Å²) < 4.78 is 0. The van der Waals surface area contributed by atoms with E-state index in [1.54, 1.807) is 0 Å². The van der Waals surface area contributed by atoms with Crippen LogP contribution >= 0.6 is 0 Å². The summed E-state index contributed by atoms with van der Waals surface area (Å²) >= 11 is 0. The summed E-state index contributed by atoms with van der Waals surface area (Å²) in [7, 11) is 0. The fourth-order valence-corrected chi connectivity index (χ4v) is 2.54. The Labute approximate surface area is 165 Å². The van der Waals surface area contributed by atoms with Gasteiger partial charge in [-0.3, -0.25) is 0 Å². The lowest BCUT2D eigenvalue weighted by atomic mass is 9.96. The summed E-state index contributed by atoms with van der Waals surface area (Å²) in [6, 6.07) is 17.8. The minimum atomic E-state index is 0. The lowest BCUT2D eigenvalue weighted by Gasteiger charge is -2.09. The van der Waals surface area contributed by atoms with Gasteiger partial charge in [-0.15, -0.1) is 0 Å². The molecule has 2 aromatic rings. The highest BCUT2D eigenvalue weighted by Gasteiger charge is 2.02. The van der Waals surface area contributed by atoms with Crippen molar-refractivity contribution in [1.29, 1.82) is 0 Å². The fourth-order valence-electron chi connectivity index (χ4n) is 2.54. The zero-order valence-corrected chi connectivity index (χ0v) is 16.9. The van der Waals surface area contributed by atoms with Crippen LogP contribution in [0.15, 0.2) is 48.5 Å². The Morgan fingerprint density at radius 3 is 0.923 bits per heavy atom. The van der Waals surface area contributed by atoms with E-state index < -0.39 is 0 Å². The molecule has 0 fully saturated rings. The zero-order valence-electron chi connectivity index (χ0n) is 16.9. The highest BCUT2D eigenvalue weighted by atomic mass is 14.1. The van der Waals surface area contributed by atoms with Gasteiger partial charge in [0.2, 0.25) is 0 Å². The Kier molecular flexibility index (Phi) is 13.1. The molecule has 0 aromatic heterocycles. The van der Waals surface area contributed by atoms with Crippen LogP contribution in [0.3, 0.4) is 0 Å². The van der Waals surface area contributed by atoms with Crippen molar-refractivity contribution in [3.05, 3.63) is 70.8 Å². The highest BCUT2D eigenvalue weighted by Crippen LogP contribution is 2.20. The first-order valence-electron chi connectivity index (χ1n) is 9.42. The molecule has 0 spiro atoms. The molecule has 2 rings (SSSR count). The summed E-state index contributed by atoms with van der Waals surface area (Å²) in [5.74, 6) is 2.57. The molecule has 0 saturated carbocycles. The second kappa shape index (κ2) is 12.7. The third-order valence-corrected chi connectivity index (χ3v) is 4.51. The van der Waals surface area contributed by atoms with Crippen molar-refractivity contribution in [2.75, 3.05) is 0 Å². The maximum Gasteiger partial charge on any atom is -0.0219 e. The maximum absolute atomic E-state index is 2.31. The quantitative estimate of drug-likeness (QED) is 0.512. The van der Waals surface area contributed by atoms with E-state index in [0.29, 0.717) is 23.7 Å². The van der Waals surface area contributed by atoms with Gasteiger partial charge in [0.15, 0.2) is 0 Å². The Bertz CT molecular complexity index is 535. The molecule has 0 saturated heterocycles. The molecule has 0 heterocycles. The van der Waals surface area contributed by atoms with E-state index in [9.17, 15) is 0 Å². The molecule has 0 radical (unpaired) electrons. The van der Waals surface area contributed by atoms with Crippen molar-refractivity contribution >= 4 is 0 Å². The van der Waals surface area contributed by atoms with Crippen LogP contribution in [0.1, 0.15) is 116 Å². The van der Waals surface area contributed by atoms with Crippen molar-refractivity contribution < 1.29 is 0 Å². The molecule has 0 heteroatoms. The molecule has 0 aliphatic rings. The van der Waals surface area contributed by atoms with Gasteiger partial charge in [0.25, 0.3) is 0 Å². The second-order valence-electron chi connectivity index (χ2n) is 7.96. The average Bonchev–Trinajstić information content (AvgIpc) is 2.55. The summed E-state index contributed by atoms with van der Waals surface area (Å²) in [5.41, 5.74) is 5.75. The van der Waals surface area contributed by atoms with E-state index in [1.807, 2.05) is 0 Å². The van der Waals surface area contributed by atoms with E-state index in [0.717, 1.165) is 0 Å². The Morgan fingerprint density at radius 1 is 0.423 bits per heavy atom. The largest absolute Gasteiger partial charge is 0.0776 e. The first-order valence-corrected chi connectivity index (χ1v) is 9.42. The summed E-state index contributed by atoms with van der Waals surface area (Å²) in [6.45, 7) is 17.8. The molecule has 2 aromatic carbocycles. The minimum absolute atomic E-state index is 0. The van der Waals surface area contributed by atoms with Crippen LogP contribution in [0.2, 0.25) is 0 Å². The van der Waals surface area contributed by atoms with E-state index in [1.165, 1.54) is 22.3 Å². The molecule has 0 bridgehead atoms. The van der Waals surface area contributed by atoms with Gasteiger partial charge >= 0.3 is 0 Å². The van der Waals surface area contributed by atoms with Crippen LogP contribution in [0.25, 0.3) is 0 Å². The molecule has 0 amide bonds. The van der Waals surface area contributed by atoms with E-state index in [-0.39, 0.29) is 14.9 Å². The second-order valence-corrected chi connectivity index (χ2v) is 7.96. The van der Waals surface area contributed by atoms with E-state index >= 15 is 0 Å². The normalized spacial score (nSPS) is 10.3. The van der Waals surface area contributed by atoms with Crippen molar-refractivity contribution in [1.82, 2.24) is 0 Å². The van der Waals surface area contributed by atoms with Gasteiger partial charge < -0.3 is 0 Å². The third-order valence-electron chi connectivity index (χ3n) is 4.51. The van der Waals surface area contributed by atoms with Gasteiger partial charge in [0.05, 0.1) is 0 Å². The Hall–Kier alpha value is -1.56. The molecule has 0 aliphatic carbocycles. The van der Waals surface area contributed by atoms with E-state index in [4.69, 9.17) is 0 Å². The number of hydrogen-bond acceptors (Lipinski definition) is 0. The molecule has 0 N–H and O–H groups in total. The highest BCUT2D eigenvalue weighted by molar-refractivity contribution is 5.28. The van der Waals surface area contributed by atoms with Gasteiger partial charge in [0, 0.05) is 0 Å². The summed E-state index contributed by atoms with van der Waals surface area (Å²) in [6.07, 6.45) is 0. The first kappa shape index (κ1) is 26.7. The number of rotatable bonds is 4. The molecule has 148 valence electrons. The van der Waals surface area contributed by atoms with Crippen LogP contribution in [-0.2, 0) is 0 Å². The smallest absolute Gasteiger partial charge is 0.0219 e. The van der Waals surface area contributed by atoms with Crippen molar-refractivity contribution in [3.63, 3.8) is 0 Å². The molecular formula is C26H44. The topological polar surface area (TPSA) is 0 Å². The predicted molar refractivity (Wildman–Crippen MR) is 123 cm³/mol. The van der Waals surface area contributed by atoms with E-state index in [2.05, 4.69) is 104 Å². The van der Waals surface area contributed by atoms with Crippen LogP contribution in [0, 0.1) is 0 Å². The minimum Gasteiger partial charge on any atom is -0.0776 e. The molecule has 0 atom stereocenters. The first-order chi connectivity index (χ1) is 11.2. The van der Waals surface area contributed by atoms with Gasteiger partial charge in [-0.05, 0) is 45.9 Å². The summed E-state index contributed by atoms with van der Waals surface area (Å²) in [4.78, 5) is 0. The number of hydrogen-bond donors (Lipinski definition) is 0. The third kappa shape index (κ3) is 8.70. The van der Waals surface area contributed by atoms with Crippen LogP contribution < -0.4 is 0 Å². The average molecular weight is 357 g/mol. The van der Waals surface area contributed by atoms with Gasteiger partial charge in [-0.25, -0.2) is 0 Å². The summed E-state index contributed by atoms with van der Waals surface area (Å²) in [5, 5.41) is 0. The van der Waals surface area contributed by atoms with Gasteiger partial charge in [-0.2, -0.15) is 0 Å².